The van der Waals surface area contributed by atoms with E-state index in [2.05, 4.69) is 20.4 Å². The second-order valence-corrected chi connectivity index (χ2v) is 6.38. The lowest BCUT2D eigenvalue weighted by atomic mass is 10.1. The van der Waals surface area contributed by atoms with Crippen molar-refractivity contribution in [2.45, 2.75) is 20.0 Å². The van der Waals surface area contributed by atoms with Gasteiger partial charge in [-0.1, -0.05) is 23.7 Å². The minimum atomic E-state index is -4.41. The number of hydrogen-bond acceptors (Lipinski definition) is 4. The van der Waals surface area contributed by atoms with Crippen LogP contribution in [0.25, 0.3) is 22.0 Å². The van der Waals surface area contributed by atoms with Crippen LogP contribution in [-0.4, -0.2) is 10.2 Å². The van der Waals surface area contributed by atoms with E-state index >= 15 is 0 Å². The number of nitrogens with zero attached hydrogens (tertiary/aromatic N) is 3. The Hall–Kier alpha value is -3.31. The van der Waals surface area contributed by atoms with Crippen LogP contribution in [0.4, 0.5) is 24.5 Å². The van der Waals surface area contributed by atoms with Crippen molar-refractivity contribution in [3.63, 3.8) is 0 Å². The molecule has 9 heteroatoms. The maximum Gasteiger partial charge on any atom is 0.416 e. The first-order valence-corrected chi connectivity index (χ1v) is 8.73. The van der Waals surface area contributed by atoms with Gasteiger partial charge in [-0.2, -0.15) is 13.2 Å². The van der Waals surface area contributed by atoms with Gasteiger partial charge in [0.05, 0.1) is 22.9 Å². The highest BCUT2D eigenvalue weighted by Crippen LogP contribution is 2.35. The molecule has 148 valence electrons. The number of alkyl halides is 3. The lowest BCUT2D eigenvalue weighted by Crippen LogP contribution is -2.03. The molecule has 0 fully saturated rings. The van der Waals surface area contributed by atoms with Gasteiger partial charge in [-0.05, 0) is 49.7 Å². The van der Waals surface area contributed by atoms with Crippen LogP contribution >= 0.6 is 11.6 Å². The summed E-state index contributed by atoms with van der Waals surface area (Å²) in [5, 5.41) is 11.3. The van der Waals surface area contributed by atoms with Gasteiger partial charge in [-0.3, -0.25) is 0 Å². The molecule has 2 aromatic carbocycles. The Balaban J connectivity index is 1.85. The van der Waals surface area contributed by atoms with Crippen molar-refractivity contribution >= 4 is 28.7 Å². The van der Waals surface area contributed by atoms with E-state index in [0.717, 1.165) is 12.1 Å². The molecule has 0 radical (unpaired) electrons. The zero-order valence-corrected chi connectivity index (χ0v) is 16.1. The minimum absolute atomic E-state index is 0.0907. The van der Waals surface area contributed by atoms with Crippen molar-refractivity contribution in [1.82, 2.24) is 10.2 Å². The summed E-state index contributed by atoms with van der Waals surface area (Å²) in [6, 6.07) is 7.77. The van der Waals surface area contributed by atoms with Gasteiger partial charge >= 0.3 is 6.18 Å². The topological polar surface area (TPSA) is 55.3 Å². The van der Waals surface area contributed by atoms with Crippen molar-refractivity contribution in [2.75, 3.05) is 5.32 Å². The quantitative estimate of drug-likeness (QED) is 0.476. The standard InChI is InChI=1S/C20H14ClF3N4O/c1-4-14(26-15-9-10-16(25-3)17(21)11(15)2)19-28-27-18(29-19)12-5-7-13(8-6-12)20(22,23)24/h4-10,26H,1-2H3/b14-4-. The molecule has 5 nitrogen and oxygen atoms in total. The maximum absolute atomic E-state index is 12.7. The highest BCUT2D eigenvalue weighted by molar-refractivity contribution is 6.34. The molecule has 0 unspecified atom stereocenters. The molecule has 0 aliphatic rings. The third-order valence-corrected chi connectivity index (χ3v) is 4.64. The Kier molecular flexibility index (Phi) is 5.62. The van der Waals surface area contributed by atoms with Crippen molar-refractivity contribution in [3.05, 3.63) is 75.9 Å². The van der Waals surface area contributed by atoms with Crippen LogP contribution in [0, 0.1) is 13.5 Å². The summed E-state index contributed by atoms with van der Waals surface area (Å²) in [6.07, 6.45) is -2.71. The third-order valence-electron chi connectivity index (χ3n) is 4.16. The number of allylic oxidation sites excluding steroid dienone is 1. The number of hydrogen-bond donors (Lipinski definition) is 1. The van der Waals surface area contributed by atoms with Gasteiger partial charge in [0.25, 0.3) is 5.89 Å². The first-order valence-electron chi connectivity index (χ1n) is 8.36. The summed E-state index contributed by atoms with van der Waals surface area (Å²) in [5.41, 5.74) is 1.79. The van der Waals surface area contributed by atoms with E-state index in [4.69, 9.17) is 22.6 Å². The smallest absolute Gasteiger partial charge is 0.415 e. The number of benzene rings is 2. The van der Waals surface area contributed by atoms with Gasteiger partial charge < -0.3 is 9.73 Å². The number of halogens is 4. The van der Waals surface area contributed by atoms with E-state index in [1.807, 2.05) is 0 Å². The molecule has 29 heavy (non-hydrogen) atoms. The maximum atomic E-state index is 12.7. The number of anilines is 1. The fraction of sp³-hybridized carbons (Fsp3) is 0.150. The predicted octanol–water partition coefficient (Wildman–Crippen LogP) is 6.74. The SMILES string of the molecule is [C-]#[N+]c1ccc(N/C(=C\C)c2nnc(-c3ccc(C(F)(F)F)cc3)o2)c(C)c1Cl. The first-order chi connectivity index (χ1) is 13.7. The number of rotatable bonds is 4. The Bertz CT molecular complexity index is 1110. The van der Waals surface area contributed by atoms with Crippen LogP contribution in [0.15, 0.2) is 46.9 Å². The number of aromatic nitrogens is 2. The highest BCUT2D eigenvalue weighted by atomic mass is 35.5. The van der Waals surface area contributed by atoms with Gasteiger partial charge in [0.15, 0.2) is 0 Å². The third kappa shape index (κ3) is 4.25. The fourth-order valence-electron chi connectivity index (χ4n) is 2.54. The van der Waals surface area contributed by atoms with Crippen LogP contribution in [0.2, 0.25) is 5.02 Å². The highest BCUT2D eigenvalue weighted by Gasteiger charge is 2.30. The lowest BCUT2D eigenvalue weighted by Gasteiger charge is -2.12. The Morgan fingerprint density at radius 2 is 1.86 bits per heavy atom. The monoisotopic (exact) mass is 418 g/mol. The summed E-state index contributed by atoms with van der Waals surface area (Å²) in [4.78, 5) is 3.35. The van der Waals surface area contributed by atoms with Gasteiger partial charge in [-0.25, -0.2) is 4.85 Å². The first kappa shape index (κ1) is 20.4. The summed E-state index contributed by atoms with van der Waals surface area (Å²) >= 11 is 6.20. The zero-order chi connectivity index (χ0) is 21.2. The molecule has 3 rings (SSSR count). The second-order valence-electron chi connectivity index (χ2n) is 6.00. The Labute approximate surface area is 169 Å². The van der Waals surface area contributed by atoms with Gasteiger partial charge in [0.1, 0.15) is 0 Å². The van der Waals surface area contributed by atoms with Gasteiger partial charge in [-0.15, -0.1) is 10.2 Å². The molecule has 0 spiro atoms. The summed E-state index contributed by atoms with van der Waals surface area (Å²) < 4.78 is 43.7. The molecule has 0 aliphatic carbocycles. The van der Waals surface area contributed by atoms with Crippen LogP contribution in [0.5, 0.6) is 0 Å². The number of nitrogens with one attached hydrogen (secondary N) is 1. The predicted molar refractivity (Wildman–Crippen MR) is 104 cm³/mol. The zero-order valence-electron chi connectivity index (χ0n) is 15.3. The van der Waals surface area contributed by atoms with Crippen molar-refractivity contribution in [1.29, 1.82) is 0 Å². The van der Waals surface area contributed by atoms with E-state index in [9.17, 15) is 13.2 Å². The molecule has 0 saturated carbocycles. The minimum Gasteiger partial charge on any atom is -0.415 e. The van der Waals surface area contributed by atoms with E-state index in [1.54, 1.807) is 32.1 Å². The molecule has 0 saturated heterocycles. The molecule has 0 bridgehead atoms. The molecule has 1 N–H and O–H groups in total. The van der Waals surface area contributed by atoms with Crippen molar-refractivity contribution < 1.29 is 17.6 Å². The van der Waals surface area contributed by atoms with E-state index in [0.29, 0.717) is 33.2 Å². The van der Waals surface area contributed by atoms with Crippen LogP contribution in [-0.2, 0) is 6.18 Å². The second kappa shape index (κ2) is 7.97. The summed E-state index contributed by atoms with van der Waals surface area (Å²) in [7, 11) is 0. The molecule has 0 atom stereocenters. The Morgan fingerprint density at radius 3 is 2.45 bits per heavy atom. The van der Waals surface area contributed by atoms with E-state index in [-0.39, 0.29) is 11.8 Å². The van der Waals surface area contributed by atoms with Gasteiger partial charge in [0, 0.05) is 11.3 Å². The molecular formula is C20H14ClF3N4O. The van der Waals surface area contributed by atoms with E-state index in [1.165, 1.54) is 12.1 Å². The lowest BCUT2D eigenvalue weighted by molar-refractivity contribution is -0.137. The molecule has 0 amide bonds. The van der Waals surface area contributed by atoms with Gasteiger partial charge in [0.2, 0.25) is 11.6 Å². The van der Waals surface area contributed by atoms with Crippen molar-refractivity contribution in [2.24, 2.45) is 0 Å². The van der Waals surface area contributed by atoms with E-state index < -0.39 is 11.7 Å². The molecule has 0 aliphatic heterocycles. The van der Waals surface area contributed by atoms with Crippen LogP contribution in [0.3, 0.4) is 0 Å². The molecule has 1 aromatic heterocycles. The largest absolute Gasteiger partial charge is 0.416 e. The van der Waals surface area contributed by atoms with Crippen LogP contribution in [0.1, 0.15) is 23.9 Å². The summed E-state index contributed by atoms with van der Waals surface area (Å²) in [6.45, 7) is 10.6. The molecular weight excluding hydrogens is 405 g/mol. The normalized spacial score (nSPS) is 12.0. The average Bonchev–Trinajstić information content (AvgIpc) is 3.18. The van der Waals surface area contributed by atoms with Crippen molar-refractivity contribution in [3.8, 4) is 11.5 Å². The summed E-state index contributed by atoms with van der Waals surface area (Å²) in [5.74, 6) is 0.250. The fourth-order valence-corrected chi connectivity index (χ4v) is 2.74. The average molecular weight is 419 g/mol. The Morgan fingerprint density at radius 1 is 1.17 bits per heavy atom. The molecule has 3 aromatic rings. The van der Waals surface area contributed by atoms with Crippen LogP contribution < -0.4 is 5.32 Å². The molecule has 1 heterocycles.